The highest BCUT2D eigenvalue weighted by Gasteiger charge is 2.48. The number of anilines is 2. The lowest BCUT2D eigenvalue weighted by molar-refractivity contribution is -0.0436. The number of phosphoric acid groups is 1. The van der Waals surface area contributed by atoms with Gasteiger partial charge in [-0.3, -0.25) is 18.4 Å². The molecule has 0 aromatic heterocycles. The summed E-state index contributed by atoms with van der Waals surface area (Å²) in [6.07, 6.45) is 0.851. The van der Waals surface area contributed by atoms with Crippen LogP contribution in [-0.4, -0.2) is 101 Å². The van der Waals surface area contributed by atoms with Crippen LogP contribution in [0.1, 0.15) is 89.8 Å². The van der Waals surface area contributed by atoms with Crippen LogP contribution < -0.4 is 14.9 Å². The molecule has 5 aromatic rings. The van der Waals surface area contributed by atoms with E-state index >= 15 is 0 Å². The van der Waals surface area contributed by atoms with E-state index in [1.54, 1.807) is 65.8 Å². The first-order chi connectivity index (χ1) is 35.6. The third-order valence-corrected chi connectivity index (χ3v) is 18.5. The predicted octanol–water partition coefficient (Wildman–Crippen LogP) is 12.4. The minimum Gasteiger partial charge on any atom is -0.388 e. The predicted molar refractivity (Wildman–Crippen MR) is 294 cm³/mol. The number of likely N-dealkylation sites (N-methyl/N-ethyl adjacent to an activating group) is 1. The number of phosphoric ester groups is 1. The second kappa shape index (κ2) is 25.5. The number of carbonyl (C=O) groups is 1. The van der Waals surface area contributed by atoms with Crippen LogP contribution in [-0.2, 0) is 38.0 Å². The van der Waals surface area contributed by atoms with E-state index < -0.39 is 77.9 Å². The average molecular weight is 1150 g/mol. The summed E-state index contributed by atoms with van der Waals surface area (Å²) in [4.78, 5) is 16.1. The number of alkyl halides is 3. The summed E-state index contributed by atoms with van der Waals surface area (Å²) in [7, 11) is -15.1. The van der Waals surface area contributed by atoms with Gasteiger partial charge in [0.05, 0.1) is 34.5 Å². The zero-order chi connectivity index (χ0) is 55.7. The van der Waals surface area contributed by atoms with Crippen molar-refractivity contribution in [3.63, 3.8) is 0 Å². The minimum atomic E-state index is -6.17. The molecule has 1 heterocycles. The maximum atomic E-state index is 14.4. The number of sulfone groups is 1. The molecule has 0 bridgehead atoms. The number of benzene rings is 5. The highest BCUT2D eigenvalue weighted by molar-refractivity contribution is 7.99. The van der Waals surface area contributed by atoms with Gasteiger partial charge < -0.3 is 20.2 Å². The number of nitrogens with zero attached hydrogens (tertiary/aromatic N) is 2. The fraction of sp³-hybridized carbons (Fsp3) is 0.426. The van der Waals surface area contributed by atoms with Crippen LogP contribution in [0.25, 0.3) is 11.1 Å². The van der Waals surface area contributed by atoms with Crippen LogP contribution in [0.2, 0.25) is 5.02 Å². The molecule has 6 rings (SSSR count). The third kappa shape index (κ3) is 17.0. The minimum absolute atomic E-state index is 0.0381. The van der Waals surface area contributed by atoms with Crippen LogP contribution in [0, 0.1) is 5.92 Å². The van der Waals surface area contributed by atoms with Crippen molar-refractivity contribution in [1.29, 1.82) is 0 Å². The fourth-order valence-corrected chi connectivity index (χ4v) is 13.4. The molecule has 5 aromatic carbocycles. The summed E-state index contributed by atoms with van der Waals surface area (Å²) in [6.45, 7) is 14.4. The van der Waals surface area contributed by atoms with Crippen LogP contribution in [0.4, 0.5) is 24.5 Å². The number of sulfonamides is 1. The molecular weight excluding hydrogens is 1080 g/mol. The van der Waals surface area contributed by atoms with E-state index in [4.69, 9.17) is 25.2 Å². The standard InChI is InChI=1S/C54H67ClF3N4O10PS3/c1-8-61(34-35-70-73(65,71-52(2,3)4)72-53(5,6)7)31-30-42(37-74-44-14-10-9-11-15-44)59-48-27-26-45(36-49(48)75(66,67)54(56,57)58)76(68,69)60-51(64)40-20-24-43(25-21-40)62-32-28-39(29-33-62)50(63)47-17-13-12-16-46(47)38-18-22-41(55)23-19-38/h9-27,36,39,42,50,59,63H,8,28-35,37H2,1-7H3,(H,60,64)/t42-,50?/m1/s1. The molecule has 22 heteroatoms. The Bertz CT molecular complexity index is 2990. The highest BCUT2D eigenvalue weighted by atomic mass is 35.5. The van der Waals surface area contributed by atoms with E-state index in [0.29, 0.717) is 50.1 Å². The number of nitrogens with one attached hydrogen (secondary N) is 2. The maximum Gasteiger partial charge on any atom is 0.501 e. The van der Waals surface area contributed by atoms with E-state index in [2.05, 4.69) is 10.2 Å². The monoisotopic (exact) mass is 1150 g/mol. The first kappa shape index (κ1) is 60.8. The Hall–Kier alpha value is -4.47. The highest BCUT2D eigenvalue weighted by Crippen LogP contribution is 2.55. The Morgan fingerprint density at radius 1 is 0.842 bits per heavy atom. The number of hydrogen-bond acceptors (Lipinski definition) is 14. The molecule has 0 spiro atoms. The van der Waals surface area contributed by atoms with Crippen LogP contribution in [0.5, 0.6) is 0 Å². The van der Waals surface area contributed by atoms with Crippen molar-refractivity contribution in [3.05, 3.63) is 137 Å². The molecule has 1 amide bonds. The molecule has 1 aliphatic heterocycles. The summed E-state index contributed by atoms with van der Waals surface area (Å²) in [5.74, 6) is -0.886. The lowest BCUT2D eigenvalue weighted by Crippen LogP contribution is -2.36. The Balaban J connectivity index is 1.14. The van der Waals surface area contributed by atoms with Gasteiger partial charge in [0.2, 0.25) is 0 Å². The average Bonchev–Trinajstić information content (AvgIpc) is 3.36. The second-order valence-electron chi connectivity index (χ2n) is 20.3. The molecule has 1 aliphatic rings. The van der Waals surface area contributed by atoms with Crippen molar-refractivity contribution in [2.45, 2.75) is 111 Å². The van der Waals surface area contributed by atoms with Crippen molar-refractivity contribution in [1.82, 2.24) is 9.62 Å². The lowest BCUT2D eigenvalue weighted by atomic mass is 9.84. The molecular formula is C54H67ClF3N4O10PS3. The van der Waals surface area contributed by atoms with Gasteiger partial charge in [-0.05, 0) is 157 Å². The summed E-state index contributed by atoms with van der Waals surface area (Å²) in [6, 6.07) is 32.0. The van der Waals surface area contributed by atoms with Gasteiger partial charge in [-0.1, -0.05) is 73.1 Å². The number of thioether (sulfide) groups is 1. The van der Waals surface area contributed by atoms with Crippen LogP contribution >= 0.6 is 31.2 Å². The van der Waals surface area contributed by atoms with Gasteiger partial charge in [0.25, 0.3) is 25.8 Å². The summed E-state index contributed by atoms with van der Waals surface area (Å²) in [5.41, 5.74) is -4.69. The number of hydrogen-bond donors (Lipinski definition) is 3. The SMILES string of the molecule is CCN(CCOP(=O)(OC(C)(C)C)OC(C)(C)C)CC[C@H](CSc1ccccc1)Nc1ccc(S(=O)(=O)NC(=O)c2ccc(N3CCC(C(O)c4ccccc4-c4ccc(Cl)cc4)CC3)cc2)cc1S(=O)(=O)C(F)(F)F. The summed E-state index contributed by atoms with van der Waals surface area (Å²) >= 11 is 7.49. The molecule has 3 N–H and O–H groups in total. The number of rotatable bonds is 23. The molecule has 0 aliphatic carbocycles. The zero-order valence-corrected chi connectivity index (χ0v) is 47.6. The smallest absolute Gasteiger partial charge is 0.388 e. The molecule has 1 unspecified atom stereocenters. The Kier molecular flexibility index (Phi) is 20.4. The van der Waals surface area contributed by atoms with Gasteiger partial charge >= 0.3 is 13.3 Å². The normalized spacial score (nSPS) is 15.1. The van der Waals surface area contributed by atoms with Gasteiger partial charge in [-0.15, -0.1) is 11.8 Å². The van der Waals surface area contributed by atoms with Crippen molar-refractivity contribution >= 4 is 68.3 Å². The topological polar surface area (TPSA) is 181 Å². The maximum absolute atomic E-state index is 14.4. The van der Waals surface area contributed by atoms with Crippen molar-refractivity contribution in [2.75, 3.05) is 55.3 Å². The van der Waals surface area contributed by atoms with Crippen molar-refractivity contribution < 1.29 is 58.0 Å². The molecule has 414 valence electrons. The van der Waals surface area contributed by atoms with E-state index in [9.17, 15) is 44.5 Å². The Morgan fingerprint density at radius 3 is 2.04 bits per heavy atom. The number of aliphatic hydroxyl groups excluding tert-OH is 1. The van der Waals surface area contributed by atoms with E-state index in [1.807, 2.05) is 83.3 Å². The molecule has 2 atom stereocenters. The molecule has 0 radical (unpaired) electrons. The quantitative estimate of drug-likeness (QED) is 0.0415. The molecule has 1 fully saturated rings. The Labute approximate surface area is 454 Å². The van der Waals surface area contributed by atoms with Gasteiger partial charge in [0.1, 0.15) is 4.90 Å². The summed E-state index contributed by atoms with van der Waals surface area (Å²) in [5, 5.41) is 15.1. The molecule has 14 nitrogen and oxygen atoms in total. The van der Waals surface area contributed by atoms with Gasteiger partial charge in [-0.2, -0.15) is 13.2 Å². The third-order valence-electron chi connectivity index (χ3n) is 12.2. The van der Waals surface area contributed by atoms with E-state index in [-0.39, 0.29) is 36.8 Å². The van der Waals surface area contributed by atoms with Gasteiger partial charge in [0.15, 0.2) is 0 Å². The van der Waals surface area contributed by atoms with Crippen molar-refractivity contribution in [2.24, 2.45) is 5.92 Å². The van der Waals surface area contributed by atoms with Crippen LogP contribution in [0.15, 0.2) is 136 Å². The Morgan fingerprint density at radius 2 is 1.45 bits per heavy atom. The first-order valence-corrected chi connectivity index (χ1v) is 30.6. The van der Waals surface area contributed by atoms with Crippen molar-refractivity contribution in [3.8, 4) is 11.1 Å². The largest absolute Gasteiger partial charge is 0.501 e. The van der Waals surface area contributed by atoms with E-state index in [1.165, 1.54) is 23.9 Å². The molecule has 1 saturated heterocycles. The number of halogens is 4. The lowest BCUT2D eigenvalue weighted by Gasteiger charge is -2.36. The number of piperidine rings is 1. The number of aliphatic hydroxyl groups is 1. The van der Waals surface area contributed by atoms with E-state index in [0.717, 1.165) is 39.4 Å². The number of carbonyl (C=O) groups excluding carboxylic acids is 1. The first-order valence-electron chi connectivity index (χ1n) is 24.8. The summed E-state index contributed by atoms with van der Waals surface area (Å²) < 4.78 is 130. The van der Waals surface area contributed by atoms with Gasteiger partial charge in [-0.25, -0.2) is 26.1 Å². The molecule has 76 heavy (non-hydrogen) atoms. The zero-order valence-electron chi connectivity index (χ0n) is 43.5. The van der Waals surface area contributed by atoms with Gasteiger partial charge in [0, 0.05) is 59.1 Å². The second-order valence-corrected chi connectivity index (χ2v) is 27.0. The van der Waals surface area contributed by atoms with Crippen LogP contribution in [0.3, 0.4) is 0 Å². The molecule has 0 saturated carbocycles. The number of amides is 1. The fourth-order valence-electron chi connectivity index (χ4n) is 8.50.